The number of nitrogens with one attached hydrogen (secondary N) is 4. The summed E-state index contributed by atoms with van der Waals surface area (Å²) in [5.41, 5.74) is 0. The molecule has 0 unspecified atom stereocenters. The Kier molecular flexibility index (Phi) is 12.0. The van der Waals surface area contributed by atoms with E-state index in [9.17, 15) is 9.59 Å². The molecule has 16 heteroatoms. The van der Waals surface area contributed by atoms with Crippen LogP contribution in [0.25, 0.3) is 0 Å². The lowest BCUT2D eigenvalue weighted by molar-refractivity contribution is -0.00896. The molecule has 0 aliphatic carbocycles. The largest absolute Gasteiger partial charge is 0.501 e. The lowest BCUT2D eigenvalue weighted by atomic mass is 10.4. The molecule has 0 aromatic rings. The first kappa shape index (κ1) is 29.6. The zero-order chi connectivity index (χ0) is 26.5. The van der Waals surface area contributed by atoms with Crippen molar-refractivity contribution < 1.29 is 36.1 Å². The Balaban J connectivity index is 1.00. The van der Waals surface area contributed by atoms with Crippen LogP contribution in [-0.2, 0) is 26.6 Å². The van der Waals surface area contributed by atoms with Crippen LogP contribution in [0.4, 0.5) is 9.59 Å². The van der Waals surface area contributed by atoms with Gasteiger partial charge in [-0.05, 0) is 12.8 Å². The van der Waals surface area contributed by atoms with E-state index < -0.39 is 17.6 Å². The van der Waals surface area contributed by atoms with E-state index in [1.807, 2.05) is 0 Å². The summed E-state index contributed by atoms with van der Waals surface area (Å²) in [5, 5.41) is 11.2. The second kappa shape index (κ2) is 15.4. The van der Waals surface area contributed by atoms with Gasteiger partial charge in [0.1, 0.15) is 0 Å². The lowest BCUT2D eigenvalue weighted by Crippen LogP contribution is -2.55. The minimum atomic E-state index is -2.65. The first-order chi connectivity index (χ1) is 18.6. The first-order valence-electron chi connectivity index (χ1n) is 13.9. The van der Waals surface area contributed by atoms with Gasteiger partial charge in [-0.25, -0.2) is 9.59 Å². The number of fused-ring (bicyclic) bond motifs is 12. The maximum Gasteiger partial charge on any atom is 0.501 e. The van der Waals surface area contributed by atoms with Gasteiger partial charge in [-0.15, -0.1) is 0 Å². The number of rotatable bonds is 11. The minimum absolute atomic E-state index is 0.272. The van der Waals surface area contributed by atoms with Crippen molar-refractivity contribution in [1.29, 1.82) is 0 Å². The summed E-state index contributed by atoms with van der Waals surface area (Å²) in [4.78, 5) is 28.7. The lowest BCUT2D eigenvalue weighted by Gasteiger charge is -2.38. The van der Waals surface area contributed by atoms with Crippen LogP contribution in [0.2, 0.25) is 12.1 Å². The van der Waals surface area contributed by atoms with Gasteiger partial charge < -0.3 is 47.8 Å². The normalized spacial score (nSPS) is 31.6. The Morgan fingerprint density at radius 1 is 0.500 bits per heavy atom. The minimum Gasteiger partial charge on any atom is -0.372 e. The summed E-state index contributed by atoms with van der Waals surface area (Å²) < 4.78 is 36.0. The maximum atomic E-state index is 12.1. The van der Waals surface area contributed by atoms with Crippen molar-refractivity contribution in [3.63, 3.8) is 0 Å². The summed E-state index contributed by atoms with van der Waals surface area (Å²) in [6.45, 7) is 10.9. The molecule has 4 N–H and O–H groups in total. The fraction of sp³-hybridized carbons (Fsp3) is 0.909. The van der Waals surface area contributed by atoms with Crippen LogP contribution in [0.15, 0.2) is 0 Å². The van der Waals surface area contributed by atoms with Crippen molar-refractivity contribution in [2.75, 3.05) is 105 Å². The van der Waals surface area contributed by atoms with Gasteiger partial charge in [-0.2, -0.15) is 0 Å². The number of hydrogen-bond donors (Lipinski definition) is 4. The van der Waals surface area contributed by atoms with Crippen molar-refractivity contribution in [2.45, 2.75) is 24.9 Å². The number of nitrogens with zero attached hydrogens (tertiary/aromatic N) is 2. The summed E-state index contributed by atoms with van der Waals surface area (Å²) >= 11 is 0. The molecule has 14 nitrogen and oxygen atoms in total. The molecule has 6 saturated heterocycles. The molecule has 6 heterocycles. The van der Waals surface area contributed by atoms with Crippen LogP contribution in [-0.4, -0.2) is 145 Å². The quantitative estimate of drug-likeness (QED) is 0.179. The number of amides is 4. The van der Waals surface area contributed by atoms with Crippen LogP contribution in [0.5, 0.6) is 0 Å². The van der Waals surface area contributed by atoms with E-state index in [0.29, 0.717) is 90.8 Å². The van der Waals surface area contributed by atoms with Gasteiger partial charge in [0.2, 0.25) is 0 Å². The van der Waals surface area contributed by atoms with Gasteiger partial charge in [-0.1, -0.05) is 0 Å². The zero-order valence-electron chi connectivity index (χ0n) is 22.3. The highest BCUT2D eigenvalue weighted by Crippen LogP contribution is 2.22. The molecule has 4 bridgehead atoms. The van der Waals surface area contributed by atoms with Crippen LogP contribution in [0.1, 0.15) is 12.8 Å². The standard InChI is InChI=1S/C22H44N6O8Si2/c29-21(23-3-1-19-37-31-13-7-27(8-14-32-37)9-15-33-37)25-5-6-26-22(30)24-4-2-20-38-34-16-10-28(11-17-35-38)12-18-36-38/h1-20H2,(H2,23,25,29)(H2,24,26,30). The second-order valence-electron chi connectivity index (χ2n) is 9.71. The molecule has 6 rings (SSSR count). The van der Waals surface area contributed by atoms with Crippen LogP contribution in [0.3, 0.4) is 0 Å². The van der Waals surface area contributed by atoms with Crippen molar-refractivity contribution in [1.82, 2.24) is 31.1 Å². The van der Waals surface area contributed by atoms with E-state index in [2.05, 4.69) is 31.1 Å². The number of hydrogen-bond acceptors (Lipinski definition) is 10. The molecule has 0 atom stereocenters. The summed E-state index contributed by atoms with van der Waals surface area (Å²) in [7, 11) is -5.30. The molecular weight excluding hydrogens is 532 g/mol. The first-order valence-corrected chi connectivity index (χ1v) is 17.7. The molecule has 0 aromatic heterocycles. The highest BCUT2D eigenvalue weighted by molar-refractivity contribution is 6.61. The SMILES string of the molecule is O=C(NCCC[Si]12OCCN(CCO1)CCO2)NCCNC(=O)NCCC[Si]12OCCN(CCO1)CCO2. The zero-order valence-corrected chi connectivity index (χ0v) is 24.3. The van der Waals surface area contributed by atoms with Gasteiger partial charge in [0.15, 0.2) is 0 Å². The molecule has 38 heavy (non-hydrogen) atoms. The van der Waals surface area contributed by atoms with E-state index in [4.69, 9.17) is 26.6 Å². The Morgan fingerprint density at radius 2 is 0.789 bits per heavy atom. The van der Waals surface area contributed by atoms with Crippen LogP contribution < -0.4 is 21.3 Å². The monoisotopic (exact) mass is 576 g/mol. The van der Waals surface area contributed by atoms with Crippen molar-refractivity contribution in [3.05, 3.63) is 0 Å². The molecule has 0 aromatic carbocycles. The predicted molar refractivity (Wildman–Crippen MR) is 142 cm³/mol. The molecule has 0 radical (unpaired) electrons. The average molecular weight is 577 g/mol. The third kappa shape index (κ3) is 9.69. The number of carbonyl (C=O) groups is 2. The van der Waals surface area contributed by atoms with E-state index in [1.54, 1.807) is 0 Å². The Morgan fingerprint density at radius 3 is 1.11 bits per heavy atom. The summed E-state index contributed by atoms with van der Waals surface area (Å²) in [6, 6.07) is 0.820. The summed E-state index contributed by atoms with van der Waals surface area (Å²) in [6.07, 6.45) is 1.43. The fourth-order valence-electron chi connectivity index (χ4n) is 4.83. The highest BCUT2D eigenvalue weighted by atomic mass is 28.4. The molecule has 6 fully saturated rings. The number of carbonyl (C=O) groups excluding carboxylic acids is 2. The fourth-order valence-corrected chi connectivity index (χ4v) is 9.83. The van der Waals surface area contributed by atoms with Crippen LogP contribution >= 0.6 is 0 Å². The number of urea groups is 2. The third-order valence-electron chi connectivity index (χ3n) is 6.96. The Hall–Kier alpha value is -1.35. The van der Waals surface area contributed by atoms with E-state index >= 15 is 0 Å². The summed E-state index contributed by atoms with van der Waals surface area (Å²) in [5.74, 6) is 0. The maximum absolute atomic E-state index is 12.1. The topological polar surface area (TPSA) is 144 Å². The molecule has 4 amide bonds. The molecule has 0 saturated carbocycles. The molecule has 0 spiro atoms. The molecule has 218 valence electrons. The van der Waals surface area contributed by atoms with E-state index in [1.165, 1.54) is 0 Å². The molecule has 6 aliphatic rings. The highest BCUT2D eigenvalue weighted by Gasteiger charge is 2.44. The van der Waals surface area contributed by atoms with Gasteiger partial charge in [0.05, 0.1) is 39.6 Å². The van der Waals surface area contributed by atoms with E-state index in [0.717, 1.165) is 39.3 Å². The third-order valence-corrected chi connectivity index (χ3v) is 12.8. The van der Waals surface area contributed by atoms with E-state index in [-0.39, 0.29) is 12.1 Å². The molecular formula is C22H44N6O8Si2. The van der Waals surface area contributed by atoms with Gasteiger partial charge >= 0.3 is 29.7 Å². The van der Waals surface area contributed by atoms with Crippen molar-refractivity contribution >= 4 is 29.7 Å². The Bertz CT molecular complexity index is 644. The average Bonchev–Trinajstić information content (AvgIpc) is 2.83. The Labute approximate surface area is 227 Å². The second-order valence-corrected chi connectivity index (χ2v) is 15.2. The van der Waals surface area contributed by atoms with Crippen molar-refractivity contribution in [2.24, 2.45) is 0 Å². The van der Waals surface area contributed by atoms with Gasteiger partial charge in [0.25, 0.3) is 0 Å². The van der Waals surface area contributed by atoms with Crippen LogP contribution in [0, 0.1) is 0 Å². The van der Waals surface area contributed by atoms with Gasteiger partial charge in [-0.3, -0.25) is 9.80 Å². The predicted octanol–water partition coefficient (Wildman–Crippen LogP) is -0.999. The molecule has 6 aliphatic heterocycles. The smallest absolute Gasteiger partial charge is 0.372 e. The van der Waals surface area contributed by atoms with Gasteiger partial charge in [0, 0.05) is 77.5 Å². The van der Waals surface area contributed by atoms with Crippen molar-refractivity contribution in [3.8, 4) is 0 Å².